The van der Waals surface area contributed by atoms with Crippen molar-refractivity contribution < 1.29 is 34.6 Å². The Morgan fingerprint density at radius 1 is 1.29 bits per heavy atom. The van der Waals surface area contributed by atoms with Crippen LogP contribution in [0.4, 0.5) is 0 Å². The average molecular weight is 389 g/mol. The van der Waals surface area contributed by atoms with Gasteiger partial charge in [0, 0.05) is 12.4 Å². The predicted molar refractivity (Wildman–Crippen MR) is 97.0 cm³/mol. The van der Waals surface area contributed by atoms with E-state index in [0.717, 1.165) is 0 Å². The van der Waals surface area contributed by atoms with Crippen molar-refractivity contribution >= 4 is 19.0 Å². The van der Waals surface area contributed by atoms with Crippen LogP contribution in [0.2, 0.25) is 6.32 Å². The van der Waals surface area contributed by atoms with Crippen molar-refractivity contribution in [2.45, 2.75) is 25.4 Å². The van der Waals surface area contributed by atoms with Crippen molar-refractivity contribution in [2.75, 3.05) is 13.1 Å². The Labute approximate surface area is 160 Å². The molecule has 11 heteroatoms. The minimum Gasteiger partial charge on any atom is -0.507 e. The first kappa shape index (κ1) is 19.7. The molecule has 3 rings (SSSR count). The number of rotatable bonds is 8. The monoisotopic (exact) mass is 389 g/mol. The maximum absolute atomic E-state index is 12.1. The molecule has 0 radical (unpaired) electrons. The van der Waals surface area contributed by atoms with E-state index in [1.807, 2.05) is 0 Å². The first-order valence-electron chi connectivity index (χ1n) is 8.71. The van der Waals surface area contributed by atoms with Gasteiger partial charge < -0.3 is 29.9 Å². The van der Waals surface area contributed by atoms with E-state index in [9.17, 15) is 19.8 Å². The van der Waals surface area contributed by atoms with E-state index in [0.29, 0.717) is 13.1 Å². The topological polar surface area (TPSA) is 145 Å². The van der Waals surface area contributed by atoms with E-state index in [4.69, 9.17) is 14.8 Å². The molecule has 1 aliphatic rings. The number of carboxylic acids is 1. The number of likely N-dealkylation sites (tertiary alicyclic amines) is 1. The molecular formula is C17H20BN3O7. The Balaban J connectivity index is 1.62. The number of hydrogen-bond donors (Lipinski definition) is 4. The Morgan fingerprint density at radius 3 is 2.64 bits per heavy atom. The number of ether oxygens (including phenoxy) is 1. The minimum absolute atomic E-state index is 0.00229. The number of amides is 1. The van der Waals surface area contributed by atoms with Crippen LogP contribution in [0.5, 0.6) is 11.5 Å². The van der Waals surface area contributed by atoms with Gasteiger partial charge >= 0.3 is 13.1 Å². The van der Waals surface area contributed by atoms with Crippen LogP contribution in [0.3, 0.4) is 0 Å². The zero-order valence-electron chi connectivity index (χ0n) is 14.9. The second-order valence-corrected chi connectivity index (χ2v) is 6.51. The molecule has 0 spiro atoms. The van der Waals surface area contributed by atoms with Gasteiger partial charge in [0.1, 0.15) is 29.7 Å². The highest BCUT2D eigenvalue weighted by molar-refractivity contribution is 6.41. The van der Waals surface area contributed by atoms with Crippen molar-refractivity contribution in [2.24, 2.45) is 0 Å². The predicted octanol–water partition coefficient (Wildman–Crippen LogP) is -0.408. The van der Waals surface area contributed by atoms with Gasteiger partial charge in [-0.3, -0.25) is 9.48 Å². The van der Waals surface area contributed by atoms with Crippen LogP contribution in [0, 0.1) is 0 Å². The fourth-order valence-corrected chi connectivity index (χ4v) is 2.94. The molecular weight excluding hydrogens is 369 g/mol. The molecule has 10 nitrogen and oxygen atoms in total. The molecule has 0 bridgehead atoms. The van der Waals surface area contributed by atoms with Crippen molar-refractivity contribution in [1.29, 1.82) is 0 Å². The SMILES string of the molecule is O=C(O)c1c(OC2CN(C(=O)Cn3cccn3)C2)ccc(CCB(O)O)c1O. The molecule has 4 N–H and O–H groups in total. The van der Waals surface area contributed by atoms with Crippen LogP contribution in [0.1, 0.15) is 15.9 Å². The number of hydrogen-bond acceptors (Lipinski definition) is 7. The van der Waals surface area contributed by atoms with Crippen LogP contribution < -0.4 is 4.74 Å². The van der Waals surface area contributed by atoms with Gasteiger partial charge in [-0.1, -0.05) is 6.07 Å². The molecule has 1 aliphatic heterocycles. The summed E-state index contributed by atoms with van der Waals surface area (Å²) in [7, 11) is -1.55. The highest BCUT2D eigenvalue weighted by atomic mass is 16.5. The lowest BCUT2D eigenvalue weighted by molar-refractivity contribution is -0.140. The number of aromatic nitrogens is 2. The van der Waals surface area contributed by atoms with E-state index in [-0.39, 0.29) is 48.2 Å². The third kappa shape index (κ3) is 4.43. The minimum atomic E-state index is -1.55. The lowest BCUT2D eigenvalue weighted by Gasteiger charge is -2.39. The third-order valence-electron chi connectivity index (χ3n) is 4.46. The molecule has 0 atom stereocenters. The Bertz CT molecular complexity index is 851. The van der Waals surface area contributed by atoms with Gasteiger partial charge in [-0.15, -0.1) is 0 Å². The lowest BCUT2D eigenvalue weighted by atomic mass is 9.82. The Morgan fingerprint density at radius 2 is 2.04 bits per heavy atom. The van der Waals surface area contributed by atoms with Crippen LogP contribution in [0.25, 0.3) is 0 Å². The maximum Gasteiger partial charge on any atom is 0.451 e. The fourth-order valence-electron chi connectivity index (χ4n) is 2.94. The van der Waals surface area contributed by atoms with Gasteiger partial charge in [-0.05, 0) is 30.4 Å². The number of aromatic carboxylic acids is 1. The summed E-state index contributed by atoms with van der Waals surface area (Å²) in [5.74, 6) is -1.94. The molecule has 1 fully saturated rings. The van der Waals surface area contributed by atoms with E-state index >= 15 is 0 Å². The molecule has 2 heterocycles. The van der Waals surface area contributed by atoms with E-state index in [1.165, 1.54) is 16.8 Å². The number of nitrogens with zero attached hydrogens (tertiary/aromatic N) is 3. The fraction of sp³-hybridized carbons (Fsp3) is 0.353. The molecule has 1 saturated heterocycles. The van der Waals surface area contributed by atoms with Gasteiger partial charge in [-0.25, -0.2) is 4.79 Å². The van der Waals surface area contributed by atoms with Gasteiger partial charge in [0.05, 0.1) is 13.1 Å². The standard InChI is InChI=1S/C17H20BN3O7/c22-14(10-21-7-1-6-19-21)20-8-12(9-20)28-13-3-2-11(4-5-18(26)27)16(23)15(13)17(24)25/h1-3,6-7,12,23,26-27H,4-5,8-10H2,(H,24,25). The number of benzene rings is 1. The quantitative estimate of drug-likeness (QED) is 0.446. The summed E-state index contributed by atoms with van der Waals surface area (Å²) in [6.45, 7) is 0.725. The largest absolute Gasteiger partial charge is 0.507 e. The number of aryl methyl sites for hydroxylation is 1. The van der Waals surface area contributed by atoms with Crippen molar-refractivity contribution in [3.8, 4) is 11.5 Å². The second kappa shape index (κ2) is 8.32. The molecule has 1 aromatic heterocycles. The van der Waals surface area contributed by atoms with Crippen molar-refractivity contribution in [3.63, 3.8) is 0 Å². The van der Waals surface area contributed by atoms with Crippen LogP contribution >= 0.6 is 0 Å². The second-order valence-electron chi connectivity index (χ2n) is 6.51. The zero-order valence-corrected chi connectivity index (χ0v) is 14.9. The van der Waals surface area contributed by atoms with Gasteiger partial charge in [0.15, 0.2) is 0 Å². The first-order chi connectivity index (χ1) is 13.3. The molecule has 2 aromatic rings. The molecule has 0 aliphatic carbocycles. The number of carboxylic acid groups (broad SMARTS) is 1. The van der Waals surface area contributed by atoms with Gasteiger partial charge in [-0.2, -0.15) is 5.10 Å². The summed E-state index contributed by atoms with van der Waals surface area (Å²) in [4.78, 5) is 25.3. The first-order valence-corrected chi connectivity index (χ1v) is 8.71. The van der Waals surface area contributed by atoms with Crippen molar-refractivity contribution in [3.05, 3.63) is 41.7 Å². The lowest BCUT2D eigenvalue weighted by Crippen LogP contribution is -2.57. The highest BCUT2D eigenvalue weighted by Gasteiger charge is 2.33. The Kier molecular flexibility index (Phi) is 5.86. The average Bonchev–Trinajstić information content (AvgIpc) is 3.09. The summed E-state index contributed by atoms with van der Waals surface area (Å²) in [5.41, 5.74) is -0.103. The summed E-state index contributed by atoms with van der Waals surface area (Å²) in [6.07, 6.45) is 2.95. The molecule has 0 unspecified atom stereocenters. The smallest absolute Gasteiger partial charge is 0.451 e. The number of aromatic hydroxyl groups is 1. The molecule has 28 heavy (non-hydrogen) atoms. The van der Waals surface area contributed by atoms with E-state index in [1.54, 1.807) is 23.4 Å². The van der Waals surface area contributed by atoms with Gasteiger partial charge in [0.2, 0.25) is 5.91 Å². The van der Waals surface area contributed by atoms with Crippen LogP contribution in [-0.2, 0) is 17.8 Å². The summed E-state index contributed by atoms with van der Waals surface area (Å²) in [5, 5.41) is 41.5. The molecule has 1 amide bonds. The summed E-state index contributed by atoms with van der Waals surface area (Å²) in [6, 6.07) is 4.63. The zero-order chi connectivity index (χ0) is 20.3. The molecule has 148 valence electrons. The highest BCUT2D eigenvalue weighted by Crippen LogP contribution is 2.33. The number of carbonyl (C=O) groups is 2. The van der Waals surface area contributed by atoms with E-state index < -0.39 is 18.8 Å². The normalized spacial score (nSPS) is 13.9. The molecule has 1 aromatic carbocycles. The third-order valence-corrected chi connectivity index (χ3v) is 4.46. The van der Waals surface area contributed by atoms with E-state index in [2.05, 4.69) is 5.10 Å². The number of phenols is 1. The Hall–Kier alpha value is -3.05. The number of carbonyl (C=O) groups excluding carboxylic acids is 1. The molecule has 0 saturated carbocycles. The van der Waals surface area contributed by atoms with Gasteiger partial charge in [0.25, 0.3) is 0 Å². The summed E-state index contributed by atoms with van der Waals surface area (Å²) < 4.78 is 7.18. The van der Waals surface area contributed by atoms with Crippen LogP contribution in [-0.4, -0.2) is 73.1 Å². The summed E-state index contributed by atoms with van der Waals surface area (Å²) >= 11 is 0. The van der Waals surface area contributed by atoms with Crippen LogP contribution in [0.15, 0.2) is 30.6 Å². The maximum atomic E-state index is 12.1. The van der Waals surface area contributed by atoms with Crippen molar-refractivity contribution in [1.82, 2.24) is 14.7 Å².